The van der Waals surface area contributed by atoms with Gasteiger partial charge < -0.3 is 13.4 Å². The Balaban J connectivity index is 0.990. The molecule has 65 heavy (non-hydrogen) atoms. The maximum Gasteiger partial charge on any atom is 0.205 e. The van der Waals surface area contributed by atoms with Crippen LogP contribution >= 0.6 is 0 Å². The van der Waals surface area contributed by atoms with Gasteiger partial charge in [0.2, 0.25) is 5.88 Å². The van der Waals surface area contributed by atoms with Crippen LogP contribution in [0.4, 0.5) is 17.3 Å². The van der Waals surface area contributed by atoms with E-state index in [0.717, 1.165) is 79.6 Å². The maximum atomic E-state index is 7.06. The molecular weight excluding hydrogens is 791 g/mol. The van der Waals surface area contributed by atoms with Gasteiger partial charge in [0, 0.05) is 50.6 Å². The quantitative estimate of drug-likeness (QED) is 0.143. The normalized spacial score (nSPS) is 12.5. The fraction of sp³-hybridized carbons (Fsp3) is 0.0333. The molecule has 12 aromatic rings. The van der Waals surface area contributed by atoms with Gasteiger partial charge in [-0.15, -0.1) is 0 Å². The Morgan fingerprint density at radius 3 is 1.95 bits per heavy atom. The van der Waals surface area contributed by atoms with Crippen LogP contribution in [0.2, 0.25) is 0 Å². The number of furan rings is 2. The number of anilines is 3. The highest BCUT2D eigenvalue weighted by Gasteiger charge is 2.30. The largest absolute Gasteiger partial charge is 0.456 e. The molecule has 3 aromatic heterocycles. The fourth-order valence-electron chi connectivity index (χ4n) is 10.5. The third kappa shape index (κ3) is 6.30. The zero-order valence-electron chi connectivity index (χ0n) is 35.6. The summed E-state index contributed by atoms with van der Waals surface area (Å²) in [5.74, 6) is 1.50. The second-order valence-corrected chi connectivity index (χ2v) is 17.2. The van der Waals surface area contributed by atoms with E-state index in [2.05, 4.69) is 234 Å². The molecule has 9 aromatic carbocycles. The number of hydrogen-bond acceptors (Lipinski definition) is 3. The Hall–Kier alpha value is -8.28. The lowest BCUT2D eigenvalue weighted by molar-refractivity contribution is 0.588. The molecule has 1 aliphatic heterocycles. The molecule has 0 saturated heterocycles. The van der Waals surface area contributed by atoms with Crippen LogP contribution < -0.4 is 10.4 Å². The highest BCUT2D eigenvalue weighted by Crippen LogP contribution is 2.47. The first-order valence-electron chi connectivity index (χ1n) is 22.5. The van der Waals surface area contributed by atoms with Gasteiger partial charge in [-0.3, -0.25) is 4.90 Å². The summed E-state index contributed by atoms with van der Waals surface area (Å²) in [6, 6.07) is 80.3. The number of hydrogen-bond donors (Lipinski definition) is 0. The lowest BCUT2D eigenvalue weighted by atomic mass is 9.43. The van der Waals surface area contributed by atoms with Crippen molar-refractivity contribution in [3.05, 3.63) is 236 Å². The monoisotopic (exact) mass is 832 g/mol. The molecule has 0 unspecified atom stereocenters. The average Bonchev–Trinajstić information content (AvgIpc) is 4.18. The third-order valence-corrected chi connectivity index (χ3v) is 13.5. The molecule has 0 saturated carbocycles. The first-order valence-corrected chi connectivity index (χ1v) is 22.5. The van der Waals surface area contributed by atoms with Crippen LogP contribution in [0.3, 0.4) is 0 Å². The predicted molar refractivity (Wildman–Crippen MR) is 271 cm³/mol. The lowest BCUT2D eigenvalue weighted by Gasteiger charge is -2.24. The van der Waals surface area contributed by atoms with E-state index < -0.39 is 0 Å². The fourth-order valence-corrected chi connectivity index (χ4v) is 10.5. The van der Waals surface area contributed by atoms with Crippen LogP contribution in [0.25, 0.3) is 83.0 Å². The van der Waals surface area contributed by atoms with Gasteiger partial charge in [-0.1, -0.05) is 169 Å². The molecule has 0 spiro atoms. The first kappa shape index (κ1) is 37.3. The summed E-state index contributed by atoms with van der Waals surface area (Å²) < 4.78 is 16.2. The molecule has 0 N–H and O–H groups in total. The number of benzene rings is 9. The smallest absolute Gasteiger partial charge is 0.205 e. The van der Waals surface area contributed by atoms with E-state index in [0.29, 0.717) is 12.6 Å². The molecule has 306 valence electrons. The number of fused-ring (bicyclic) bond motifs is 7. The van der Waals surface area contributed by atoms with Crippen LogP contribution in [0, 0.1) is 0 Å². The summed E-state index contributed by atoms with van der Waals surface area (Å²) in [5, 5.41) is 4.66. The number of aromatic nitrogens is 1. The predicted octanol–water partition coefficient (Wildman–Crippen LogP) is 15.3. The highest BCUT2D eigenvalue weighted by atomic mass is 16.4. The summed E-state index contributed by atoms with van der Waals surface area (Å²) in [7, 11) is 0. The van der Waals surface area contributed by atoms with Crippen molar-refractivity contribution in [2.24, 2.45) is 0 Å². The van der Waals surface area contributed by atoms with Gasteiger partial charge in [0.1, 0.15) is 16.9 Å². The summed E-state index contributed by atoms with van der Waals surface area (Å²) in [5.41, 5.74) is 17.0. The number of nitrogens with zero attached hydrogens (tertiary/aromatic N) is 2. The molecule has 0 amide bonds. The first-order chi connectivity index (χ1) is 32.2. The molecular formula is C60H41BN2O2. The number of rotatable bonds is 8. The molecule has 0 bridgehead atoms. The van der Waals surface area contributed by atoms with E-state index in [-0.39, 0.29) is 0 Å². The zero-order valence-corrected chi connectivity index (χ0v) is 35.6. The van der Waals surface area contributed by atoms with Gasteiger partial charge in [-0.05, 0) is 95.1 Å². The second kappa shape index (κ2) is 15.2. The Morgan fingerprint density at radius 2 is 1.12 bits per heavy atom. The summed E-state index contributed by atoms with van der Waals surface area (Å²) in [6.07, 6.45) is 2.01. The van der Waals surface area contributed by atoms with Crippen LogP contribution in [0.5, 0.6) is 0 Å². The number of para-hydroxylation sites is 3. The molecule has 0 fully saturated rings. The van der Waals surface area contributed by atoms with Crippen molar-refractivity contribution in [3.8, 4) is 39.3 Å². The average molecular weight is 833 g/mol. The Kier molecular flexibility index (Phi) is 8.73. The van der Waals surface area contributed by atoms with Gasteiger partial charge in [0.25, 0.3) is 0 Å². The van der Waals surface area contributed by atoms with E-state index in [1.165, 1.54) is 44.0 Å². The Bertz CT molecular complexity index is 3720. The van der Waals surface area contributed by atoms with E-state index in [1.807, 2.05) is 0 Å². The van der Waals surface area contributed by atoms with E-state index in [1.54, 1.807) is 0 Å². The van der Waals surface area contributed by atoms with Crippen molar-refractivity contribution in [2.75, 3.05) is 4.90 Å². The molecule has 0 atom stereocenters. The SMILES string of the molecule is c1ccc(B2Cc3cccc(-c4cc(N(c5ccc(-c6ccccc6)cc5)c5ccc(-c6ccc7c8ccccc8n(-c8ccccc8)c7c6)o5)cc5oc6ccccc6c45)c3C2)cc1. The molecule has 5 heteroatoms. The Labute approximate surface area is 377 Å². The standard InChI is InChI=1S/C60H41BN2O2/c1-4-15-40(16-5-1)41-27-30-46(31-28-41)62(59-34-33-56(65-59)42-29-32-50-49-22-10-12-25-54(49)63(55(50)35-42)45-20-8-3-9-21-45)47-36-52(60-51-23-11-13-26-57(51)64-58(60)37-47)48-24-14-17-43-38-61(39-53(43)48)44-18-6-2-7-19-44/h1-37H,38-39H2. The molecule has 13 rings (SSSR count). The van der Waals surface area contributed by atoms with E-state index in [9.17, 15) is 0 Å². The van der Waals surface area contributed by atoms with E-state index >= 15 is 0 Å². The molecule has 4 nitrogen and oxygen atoms in total. The molecule has 0 aliphatic carbocycles. The molecule has 1 aliphatic rings. The van der Waals surface area contributed by atoms with Gasteiger partial charge in [-0.2, -0.15) is 0 Å². The molecule has 0 radical (unpaired) electrons. The van der Waals surface area contributed by atoms with Crippen molar-refractivity contribution in [3.63, 3.8) is 0 Å². The summed E-state index contributed by atoms with van der Waals surface area (Å²) >= 11 is 0. The van der Waals surface area contributed by atoms with Gasteiger partial charge in [0.05, 0.1) is 16.7 Å². The van der Waals surface area contributed by atoms with Crippen LogP contribution in [0.15, 0.2) is 233 Å². The van der Waals surface area contributed by atoms with Crippen molar-refractivity contribution in [2.45, 2.75) is 12.6 Å². The Morgan fingerprint density at radius 1 is 0.431 bits per heavy atom. The van der Waals surface area contributed by atoms with Gasteiger partial charge in [-0.25, -0.2) is 0 Å². The lowest BCUT2D eigenvalue weighted by Crippen LogP contribution is -2.31. The van der Waals surface area contributed by atoms with E-state index in [4.69, 9.17) is 8.83 Å². The van der Waals surface area contributed by atoms with Crippen LogP contribution in [-0.2, 0) is 12.6 Å². The van der Waals surface area contributed by atoms with Crippen LogP contribution in [-0.4, -0.2) is 11.3 Å². The second-order valence-electron chi connectivity index (χ2n) is 17.2. The van der Waals surface area contributed by atoms with Crippen molar-refractivity contribution >= 4 is 73.2 Å². The minimum atomic E-state index is 0.432. The highest BCUT2D eigenvalue weighted by molar-refractivity contribution is 6.73. The summed E-state index contributed by atoms with van der Waals surface area (Å²) in [6.45, 7) is 0.432. The topological polar surface area (TPSA) is 34.5 Å². The van der Waals surface area contributed by atoms with Gasteiger partial charge >= 0.3 is 0 Å². The minimum Gasteiger partial charge on any atom is -0.456 e. The van der Waals surface area contributed by atoms with Crippen LogP contribution in [0.1, 0.15) is 11.1 Å². The van der Waals surface area contributed by atoms with Crippen molar-refractivity contribution < 1.29 is 8.83 Å². The summed E-state index contributed by atoms with van der Waals surface area (Å²) in [4.78, 5) is 2.24. The third-order valence-electron chi connectivity index (χ3n) is 13.5. The minimum absolute atomic E-state index is 0.432. The van der Waals surface area contributed by atoms with Crippen molar-refractivity contribution in [1.82, 2.24) is 4.57 Å². The zero-order chi connectivity index (χ0) is 42.8. The van der Waals surface area contributed by atoms with Crippen molar-refractivity contribution in [1.29, 1.82) is 0 Å². The molecule has 4 heterocycles. The van der Waals surface area contributed by atoms with Gasteiger partial charge in [0.15, 0.2) is 6.71 Å². The maximum absolute atomic E-state index is 7.06.